The molecule has 0 radical (unpaired) electrons. The highest BCUT2D eigenvalue weighted by molar-refractivity contribution is 6.15. The number of hydrogen-bond donors (Lipinski definition) is 1. The molecule has 0 spiro atoms. The Morgan fingerprint density at radius 1 is 0.882 bits per heavy atom. The van der Waals surface area contributed by atoms with Crippen LogP contribution < -0.4 is 10.1 Å². The van der Waals surface area contributed by atoms with Gasteiger partial charge < -0.3 is 10.1 Å². The lowest BCUT2D eigenvalue weighted by Crippen LogP contribution is -2.04. The molecule has 2 aromatic heterocycles. The van der Waals surface area contributed by atoms with Crippen molar-refractivity contribution in [3.05, 3.63) is 114 Å². The minimum atomic E-state index is 0.642. The van der Waals surface area contributed by atoms with E-state index >= 15 is 0 Å². The number of aliphatic imine (C=N–C) groups is 1. The summed E-state index contributed by atoms with van der Waals surface area (Å²) in [4.78, 5) is 9.80. The number of methoxy groups -OCH3 is 1. The molecule has 5 aromatic rings. The van der Waals surface area contributed by atoms with E-state index in [-0.39, 0.29) is 0 Å². The van der Waals surface area contributed by atoms with Gasteiger partial charge in [-0.05, 0) is 17.7 Å². The van der Waals surface area contributed by atoms with Crippen LogP contribution in [0.15, 0.2) is 102 Å². The molecule has 0 aliphatic rings. The quantitative estimate of drug-likeness (QED) is 0.322. The highest BCUT2D eigenvalue weighted by Gasteiger charge is 2.14. The summed E-state index contributed by atoms with van der Waals surface area (Å²) in [5.41, 5.74) is 5.82. The van der Waals surface area contributed by atoms with Crippen LogP contribution in [-0.4, -0.2) is 27.6 Å². The minimum absolute atomic E-state index is 0.642. The van der Waals surface area contributed by atoms with Gasteiger partial charge in [0.2, 0.25) is 0 Å². The number of anilines is 1. The Kier molecular flexibility index (Phi) is 6.03. The molecule has 0 aliphatic heterocycles. The van der Waals surface area contributed by atoms with Crippen molar-refractivity contribution < 1.29 is 4.74 Å². The topological polar surface area (TPSA) is 64.3 Å². The highest BCUT2D eigenvalue weighted by Crippen LogP contribution is 2.31. The molecular weight excluding hydrogens is 422 g/mol. The number of nitrogens with one attached hydrogen (secondary N) is 1. The zero-order valence-corrected chi connectivity index (χ0v) is 19.1. The van der Waals surface area contributed by atoms with Crippen LogP contribution in [0.4, 0.5) is 11.5 Å². The standard InChI is InChI=1S/C28H25N5O/c1-33-27-24(18-31-33)28(29-17-20-13-15-23(34-2)16-14-20)30-19-25(27)32-26(21-9-5-3-6-10-21)22-11-7-4-8-12-22/h3-16,18-19H,17H2,1-2H3,(H,29,30). The predicted octanol–water partition coefficient (Wildman–Crippen LogP) is 5.76. The average Bonchev–Trinajstić information content (AvgIpc) is 3.30. The number of aryl methyl sites for hydroxylation is 1. The molecule has 168 valence electrons. The highest BCUT2D eigenvalue weighted by atomic mass is 16.5. The number of benzene rings is 3. The minimum Gasteiger partial charge on any atom is -0.497 e. The fraction of sp³-hybridized carbons (Fsp3) is 0.107. The number of nitrogens with zero attached hydrogens (tertiary/aromatic N) is 4. The van der Waals surface area contributed by atoms with Crippen molar-refractivity contribution in [3.8, 4) is 5.75 Å². The van der Waals surface area contributed by atoms with Gasteiger partial charge in [0.05, 0.1) is 36.1 Å². The van der Waals surface area contributed by atoms with Crippen molar-refractivity contribution >= 4 is 28.1 Å². The third kappa shape index (κ3) is 4.38. The maximum atomic E-state index is 5.24. The number of fused-ring (bicyclic) bond motifs is 1. The first-order valence-electron chi connectivity index (χ1n) is 11.1. The van der Waals surface area contributed by atoms with Crippen molar-refractivity contribution in [1.29, 1.82) is 0 Å². The van der Waals surface area contributed by atoms with Gasteiger partial charge in [-0.15, -0.1) is 0 Å². The maximum Gasteiger partial charge on any atom is 0.137 e. The van der Waals surface area contributed by atoms with Crippen LogP contribution in [0.25, 0.3) is 10.9 Å². The van der Waals surface area contributed by atoms with Crippen molar-refractivity contribution in [3.63, 3.8) is 0 Å². The van der Waals surface area contributed by atoms with Crippen LogP contribution in [0.2, 0.25) is 0 Å². The second kappa shape index (κ2) is 9.58. The first-order chi connectivity index (χ1) is 16.7. The first-order valence-corrected chi connectivity index (χ1v) is 11.1. The molecule has 6 heteroatoms. The summed E-state index contributed by atoms with van der Waals surface area (Å²) >= 11 is 0. The smallest absolute Gasteiger partial charge is 0.137 e. The Bertz CT molecular complexity index is 1380. The van der Waals surface area contributed by atoms with Crippen LogP contribution >= 0.6 is 0 Å². The maximum absolute atomic E-state index is 5.24. The van der Waals surface area contributed by atoms with E-state index in [1.807, 2.05) is 84.8 Å². The summed E-state index contributed by atoms with van der Waals surface area (Å²) in [5, 5.41) is 8.87. The van der Waals surface area contributed by atoms with E-state index in [4.69, 9.17) is 14.7 Å². The molecule has 0 saturated carbocycles. The van der Waals surface area contributed by atoms with E-state index in [0.29, 0.717) is 6.54 Å². The third-order valence-corrected chi connectivity index (χ3v) is 5.70. The normalized spacial score (nSPS) is 10.8. The molecule has 5 rings (SSSR count). The van der Waals surface area contributed by atoms with E-state index < -0.39 is 0 Å². The third-order valence-electron chi connectivity index (χ3n) is 5.70. The SMILES string of the molecule is COc1ccc(CNc2ncc(N=C(c3ccccc3)c3ccccc3)c3c2cnn3C)cc1. The van der Waals surface area contributed by atoms with Crippen LogP contribution in [0.3, 0.4) is 0 Å². The molecule has 0 saturated heterocycles. The molecule has 0 atom stereocenters. The summed E-state index contributed by atoms with van der Waals surface area (Å²) in [6, 6.07) is 28.4. The fourth-order valence-corrected chi connectivity index (χ4v) is 3.93. The number of hydrogen-bond acceptors (Lipinski definition) is 5. The van der Waals surface area contributed by atoms with Gasteiger partial charge in [0.25, 0.3) is 0 Å². The Labute approximate surface area is 198 Å². The molecular formula is C28H25N5O. The summed E-state index contributed by atoms with van der Waals surface area (Å²) in [6.45, 7) is 0.642. The Balaban J connectivity index is 1.53. The second-order valence-corrected chi connectivity index (χ2v) is 7.92. The van der Waals surface area contributed by atoms with Crippen LogP contribution in [0.1, 0.15) is 16.7 Å². The summed E-state index contributed by atoms with van der Waals surface area (Å²) in [6.07, 6.45) is 3.65. The van der Waals surface area contributed by atoms with Gasteiger partial charge in [0.15, 0.2) is 0 Å². The molecule has 0 unspecified atom stereocenters. The molecule has 6 nitrogen and oxygen atoms in total. The van der Waals surface area contributed by atoms with Crippen LogP contribution in [-0.2, 0) is 13.6 Å². The van der Waals surface area contributed by atoms with Gasteiger partial charge in [-0.1, -0.05) is 72.8 Å². The monoisotopic (exact) mass is 447 g/mol. The first kappa shape index (κ1) is 21.4. The molecule has 2 heterocycles. The lowest BCUT2D eigenvalue weighted by Gasteiger charge is -2.11. The summed E-state index contributed by atoms with van der Waals surface area (Å²) < 4.78 is 7.09. The average molecular weight is 448 g/mol. The van der Waals surface area contributed by atoms with Gasteiger partial charge in [0.1, 0.15) is 17.3 Å². The van der Waals surface area contributed by atoms with Crippen molar-refractivity contribution in [2.24, 2.45) is 12.0 Å². The number of rotatable bonds is 7. The molecule has 34 heavy (non-hydrogen) atoms. The zero-order chi connectivity index (χ0) is 23.3. The van der Waals surface area contributed by atoms with E-state index in [0.717, 1.165) is 50.6 Å². The van der Waals surface area contributed by atoms with Gasteiger partial charge >= 0.3 is 0 Å². The number of pyridine rings is 1. The second-order valence-electron chi connectivity index (χ2n) is 7.92. The molecule has 0 bridgehead atoms. The van der Waals surface area contributed by atoms with Gasteiger partial charge in [-0.25, -0.2) is 9.98 Å². The molecule has 0 amide bonds. The zero-order valence-electron chi connectivity index (χ0n) is 19.1. The van der Waals surface area contributed by atoms with Gasteiger partial charge in [0, 0.05) is 24.7 Å². The summed E-state index contributed by atoms with van der Waals surface area (Å²) in [5.74, 6) is 1.62. The number of ether oxygens (including phenoxy) is 1. The lowest BCUT2D eigenvalue weighted by molar-refractivity contribution is 0.414. The van der Waals surface area contributed by atoms with Crippen molar-refractivity contribution in [2.75, 3.05) is 12.4 Å². The Morgan fingerprint density at radius 2 is 1.53 bits per heavy atom. The molecule has 1 N–H and O–H groups in total. The van der Waals surface area contributed by atoms with Gasteiger partial charge in [-0.2, -0.15) is 5.10 Å². The van der Waals surface area contributed by atoms with E-state index in [9.17, 15) is 0 Å². The summed E-state index contributed by atoms with van der Waals surface area (Å²) in [7, 11) is 3.60. The number of aromatic nitrogens is 3. The Morgan fingerprint density at radius 3 is 2.15 bits per heavy atom. The van der Waals surface area contributed by atoms with Gasteiger partial charge in [-0.3, -0.25) is 4.68 Å². The fourth-order valence-electron chi connectivity index (χ4n) is 3.93. The van der Waals surface area contributed by atoms with E-state index in [1.165, 1.54) is 0 Å². The van der Waals surface area contributed by atoms with Crippen LogP contribution in [0.5, 0.6) is 5.75 Å². The van der Waals surface area contributed by atoms with Crippen LogP contribution in [0, 0.1) is 0 Å². The largest absolute Gasteiger partial charge is 0.497 e. The van der Waals surface area contributed by atoms with Crippen molar-refractivity contribution in [1.82, 2.24) is 14.8 Å². The molecule has 0 aliphatic carbocycles. The van der Waals surface area contributed by atoms with E-state index in [2.05, 4.69) is 34.7 Å². The molecule has 3 aromatic carbocycles. The predicted molar refractivity (Wildman–Crippen MR) is 137 cm³/mol. The van der Waals surface area contributed by atoms with Crippen molar-refractivity contribution in [2.45, 2.75) is 6.54 Å². The molecule has 0 fully saturated rings. The Hall–Kier alpha value is -4.45. The lowest BCUT2D eigenvalue weighted by atomic mass is 10.0. The van der Waals surface area contributed by atoms with E-state index in [1.54, 1.807) is 7.11 Å².